The molecular formula is C9H6ClF3O3. The molecule has 1 aromatic carbocycles. The lowest BCUT2D eigenvalue weighted by Crippen LogP contribution is -2.12. The van der Waals surface area contributed by atoms with E-state index in [2.05, 4.69) is 0 Å². The summed E-state index contributed by atoms with van der Waals surface area (Å²) in [5, 5.41) is 17.1. The lowest BCUT2D eigenvalue weighted by molar-refractivity contribution is -0.146. The Morgan fingerprint density at radius 2 is 1.94 bits per heavy atom. The summed E-state index contributed by atoms with van der Waals surface area (Å²) in [5.41, 5.74) is -1.28. The Morgan fingerprint density at radius 1 is 1.38 bits per heavy atom. The van der Waals surface area contributed by atoms with Gasteiger partial charge in [-0.2, -0.15) is 13.2 Å². The van der Waals surface area contributed by atoms with Crippen molar-refractivity contribution in [1.29, 1.82) is 0 Å². The zero-order valence-corrected chi connectivity index (χ0v) is 8.38. The number of halogens is 4. The van der Waals surface area contributed by atoms with Crippen molar-refractivity contribution in [3.63, 3.8) is 0 Å². The van der Waals surface area contributed by atoms with Crippen LogP contribution in [0.15, 0.2) is 18.2 Å². The predicted octanol–water partition coefficient (Wildman–Crippen LogP) is 2.48. The van der Waals surface area contributed by atoms with Crippen molar-refractivity contribution < 1.29 is 28.2 Å². The van der Waals surface area contributed by atoms with E-state index in [1.54, 1.807) is 0 Å². The molecule has 0 aliphatic rings. The van der Waals surface area contributed by atoms with Crippen LogP contribution in [0.1, 0.15) is 17.2 Å². The topological polar surface area (TPSA) is 57.5 Å². The maximum atomic E-state index is 12.2. The minimum absolute atomic E-state index is 0.276. The minimum atomic E-state index is -4.56. The Kier molecular flexibility index (Phi) is 3.44. The van der Waals surface area contributed by atoms with Crippen LogP contribution in [0.5, 0.6) is 0 Å². The van der Waals surface area contributed by atoms with Crippen LogP contribution in [0.2, 0.25) is 5.02 Å². The molecule has 2 N–H and O–H groups in total. The number of carbonyl (C=O) groups is 1. The molecule has 0 aliphatic carbocycles. The molecule has 3 nitrogen and oxygen atoms in total. The molecule has 0 saturated heterocycles. The van der Waals surface area contributed by atoms with Crippen LogP contribution in [-0.4, -0.2) is 16.2 Å². The summed E-state index contributed by atoms with van der Waals surface area (Å²) in [6, 6.07) is 2.07. The third-order valence-electron chi connectivity index (χ3n) is 1.86. The molecule has 0 aliphatic heterocycles. The number of benzene rings is 1. The number of aliphatic hydroxyl groups excluding tert-OH is 1. The van der Waals surface area contributed by atoms with Crippen LogP contribution in [-0.2, 0) is 11.0 Å². The van der Waals surface area contributed by atoms with Gasteiger partial charge in [0.15, 0.2) is 6.10 Å². The third kappa shape index (κ3) is 2.65. The van der Waals surface area contributed by atoms with Gasteiger partial charge in [-0.1, -0.05) is 17.7 Å². The fourth-order valence-electron chi connectivity index (χ4n) is 1.06. The van der Waals surface area contributed by atoms with Gasteiger partial charge < -0.3 is 10.2 Å². The number of alkyl halides is 3. The van der Waals surface area contributed by atoms with Gasteiger partial charge in [0.05, 0.1) is 5.56 Å². The largest absolute Gasteiger partial charge is 0.479 e. The predicted molar refractivity (Wildman–Crippen MR) is 49.0 cm³/mol. The van der Waals surface area contributed by atoms with Crippen molar-refractivity contribution in [2.45, 2.75) is 12.3 Å². The first kappa shape index (κ1) is 12.8. The Balaban J connectivity index is 3.15. The van der Waals surface area contributed by atoms with E-state index in [0.717, 1.165) is 6.07 Å². The molecule has 16 heavy (non-hydrogen) atoms. The molecule has 0 bridgehead atoms. The van der Waals surface area contributed by atoms with Crippen molar-refractivity contribution in [3.8, 4) is 0 Å². The summed E-state index contributed by atoms with van der Waals surface area (Å²) in [7, 11) is 0. The van der Waals surface area contributed by atoms with Crippen LogP contribution in [0.4, 0.5) is 13.2 Å². The number of carboxylic acid groups (broad SMARTS) is 1. The molecule has 0 spiro atoms. The molecule has 0 saturated carbocycles. The summed E-state index contributed by atoms with van der Waals surface area (Å²) in [6.07, 6.45) is -6.49. The molecule has 1 atom stereocenters. The lowest BCUT2D eigenvalue weighted by atomic mass is 10.1. The van der Waals surface area contributed by atoms with E-state index in [1.807, 2.05) is 0 Å². The number of rotatable bonds is 2. The number of aliphatic hydroxyl groups is 1. The second-order valence-corrected chi connectivity index (χ2v) is 3.38. The Labute approximate surface area is 93.1 Å². The third-order valence-corrected chi connectivity index (χ3v) is 2.18. The molecule has 88 valence electrons. The maximum Gasteiger partial charge on any atom is 0.416 e. The van der Waals surface area contributed by atoms with E-state index in [0.29, 0.717) is 12.1 Å². The van der Waals surface area contributed by atoms with E-state index in [4.69, 9.17) is 21.8 Å². The average molecular weight is 255 g/mol. The highest BCUT2D eigenvalue weighted by atomic mass is 35.5. The van der Waals surface area contributed by atoms with Gasteiger partial charge in [-0.3, -0.25) is 0 Å². The quantitative estimate of drug-likeness (QED) is 0.852. The first-order valence-electron chi connectivity index (χ1n) is 4.01. The van der Waals surface area contributed by atoms with Gasteiger partial charge >= 0.3 is 12.1 Å². The highest BCUT2D eigenvalue weighted by Crippen LogP contribution is 2.33. The molecule has 0 heterocycles. The Morgan fingerprint density at radius 3 is 2.31 bits per heavy atom. The standard InChI is InChI=1S/C9H6ClF3O3/c10-6-3-4(9(11,12)13)1-2-5(6)7(14)8(15)16/h1-3,7,14H,(H,15,16). The number of aliphatic carboxylic acids is 1. The van der Waals surface area contributed by atoms with Crippen molar-refractivity contribution in [1.82, 2.24) is 0 Å². The molecular weight excluding hydrogens is 249 g/mol. The van der Waals surface area contributed by atoms with E-state index in [9.17, 15) is 18.0 Å². The molecule has 1 unspecified atom stereocenters. The second kappa shape index (κ2) is 4.31. The minimum Gasteiger partial charge on any atom is -0.479 e. The Hall–Kier alpha value is -1.27. The molecule has 1 rings (SSSR count). The van der Waals surface area contributed by atoms with E-state index in [-0.39, 0.29) is 5.56 Å². The molecule has 0 fully saturated rings. The first-order valence-corrected chi connectivity index (χ1v) is 4.39. The van der Waals surface area contributed by atoms with Gasteiger partial charge in [0.2, 0.25) is 0 Å². The number of hydrogen-bond donors (Lipinski definition) is 2. The molecule has 0 radical (unpaired) electrons. The smallest absolute Gasteiger partial charge is 0.416 e. The molecule has 0 aromatic heterocycles. The number of hydrogen-bond acceptors (Lipinski definition) is 2. The van der Waals surface area contributed by atoms with Crippen molar-refractivity contribution in [2.75, 3.05) is 0 Å². The monoisotopic (exact) mass is 254 g/mol. The van der Waals surface area contributed by atoms with Crippen LogP contribution in [0.25, 0.3) is 0 Å². The fourth-order valence-corrected chi connectivity index (χ4v) is 1.34. The zero-order valence-electron chi connectivity index (χ0n) is 7.62. The SMILES string of the molecule is O=C(O)C(O)c1ccc(C(F)(F)F)cc1Cl. The van der Waals surface area contributed by atoms with Gasteiger partial charge in [0.25, 0.3) is 0 Å². The highest BCUT2D eigenvalue weighted by Gasteiger charge is 2.31. The van der Waals surface area contributed by atoms with Crippen LogP contribution in [0, 0.1) is 0 Å². The van der Waals surface area contributed by atoms with Crippen LogP contribution < -0.4 is 0 Å². The second-order valence-electron chi connectivity index (χ2n) is 2.97. The van der Waals surface area contributed by atoms with E-state index in [1.165, 1.54) is 0 Å². The highest BCUT2D eigenvalue weighted by molar-refractivity contribution is 6.31. The Bertz CT molecular complexity index is 417. The van der Waals surface area contributed by atoms with Gasteiger partial charge in [0.1, 0.15) is 0 Å². The zero-order chi connectivity index (χ0) is 12.5. The fraction of sp³-hybridized carbons (Fsp3) is 0.222. The van der Waals surface area contributed by atoms with Gasteiger partial charge in [-0.05, 0) is 12.1 Å². The van der Waals surface area contributed by atoms with E-state index >= 15 is 0 Å². The molecule has 1 aromatic rings. The summed E-state index contributed by atoms with van der Waals surface area (Å²) in [5.74, 6) is -1.58. The van der Waals surface area contributed by atoms with Gasteiger partial charge in [0, 0.05) is 10.6 Å². The summed E-state index contributed by atoms with van der Waals surface area (Å²) in [4.78, 5) is 10.4. The van der Waals surface area contributed by atoms with Gasteiger partial charge in [-0.25, -0.2) is 4.79 Å². The summed E-state index contributed by atoms with van der Waals surface area (Å²) >= 11 is 5.45. The van der Waals surface area contributed by atoms with E-state index < -0.39 is 28.8 Å². The summed E-state index contributed by atoms with van der Waals surface area (Å²) < 4.78 is 36.7. The summed E-state index contributed by atoms with van der Waals surface area (Å²) in [6.45, 7) is 0. The molecule has 0 amide bonds. The van der Waals surface area contributed by atoms with Gasteiger partial charge in [-0.15, -0.1) is 0 Å². The normalized spacial score (nSPS) is 13.6. The van der Waals surface area contributed by atoms with Crippen molar-refractivity contribution in [3.05, 3.63) is 34.3 Å². The van der Waals surface area contributed by atoms with Crippen LogP contribution >= 0.6 is 11.6 Å². The van der Waals surface area contributed by atoms with Crippen LogP contribution in [0.3, 0.4) is 0 Å². The maximum absolute atomic E-state index is 12.2. The van der Waals surface area contributed by atoms with Crippen molar-refractivity contribution in [2.24, 2.45) is 0 Å². The average Bonchev–Trinajstić information content (AvgIpc) is 2.15. The number of carboxylic acids is 1. The lowest BCUT2D eigenvalue weighted by Gasteiger charge is -2.11. The first-order chi connectivity index (χ1) is 7.23. The van der Waals surface area contributed by atoms with Crippen molar-refractivity contribution >= 4 is 17.6 Å². The molecule has 7 heteroatoms.